The van der Waals surface area contributed by atoms with E-state index in [0.29, 0.717) is 25.5 Å². The lowest BCUT2D eigenvalue weighted by atomic mass is 9.94. The minimum atomic E-state index is 0.126. The monoisotopic (exact) mass is 355 g/mol. The second-order valence-electron chi connectivity index (χ2n) is 6.58. The van der Waals surface area contributed by atoms with Gasteiger partial charge >= 0.3 is 0 Å². The molecular formula is C20H25N3O3. The molecule has 138 valence electrons. The third-order valence-electron chi connectivity index (χ3n) is 4.61. The Bertz CT molecular complexity index is 733. The molecule has 1 saturated heterocycles. The number of hydrogen-bond donors (Lipinski definition) is 0. The Balaban J connectivity index is 1.74. The lowest BCUT2D eigenvalue weighted by Crippen LogP contribution is -2.39. The Labute approximate surface area is 154 Å². The highest BCUT2D eigenvalue weighted by molar-refractivity contribution is 5.76. The van der Waals surface area contributed by atoms with Crippen molar-refractivity contribution in [2.75, 3.05) is 26.8 Å². The molecule has 1 fully saturated rings. The van der Waals surface area contributed by atoms with Gasteiger partial charge in [0.1, 0.15) is 11.4 Å². The molecule has 1 unspecified atom stereocenters. The smallest absolute Gasteiger partial charge is 0.241 e. The molecule has 0 N–H and O–H groups in total. The predicted molar refractivity (Wildman–Crippen MR) is 98.3 cm³/mol. The Morgan fingerprint density at radius 1 is 1.23 bits per heavy atom. The molecule has 1 amide bonds. The molecule has 0 bridgehead atoms. The summed E-state index contributed by atoms with van der Waals surface area (Å²) in [4.78, 5) is 23.1. The molecule has 3 rings (SSSR count). The van der Waals surface area contributed by atoms with Gasteiger partial charge in [-0.2, -0.15) is 0 Å². The number of carbonyl (C=O) groups is 1. The number of benzene rings is 1. The number of ether oxygens (including phenoxy) is 2. The zero-order valence-corrected chi connectivity index (χ0v) is 15.4. The second kappa shape index (κ2) is 8.76. The Morgan fingerprint density at radius 3 is 2.77 bits per heavy atom. The van der Waals surface area contributed by atoms with E-state index in [2.05, 4.69) is 9.97 Å². The van der Waals surface area contributed by atoms with E-state index in [-0.39, 0.29) is 11.8 Å². The highest BCUT2D eigenvalue weighted by Gasteiger charge is 2.28. The van der Waals surface area contributed by atoms with Gasteiger partial charge < -0.3 is 14.4 Å². The molecule has 2 aromatic rings. The van der Waals surface area contributed by atoms with Gasteiger partial charge in [0.25, 0.3) is 0 Å². The predicted octanol–water partition coefficient (Wildman–Crippen LogP) is 3.32. The van der Waals surface area contributed by atoms with Crippen molar-refractivity contribution < 1.29 is 14.3 Å². The van der Waals surface area contributed by atoms with Crippen molar-refractivity contribution in [2.24, 2.45) is 0 Å². The van der Waals surface area contributed by atoms with Crippen LogP contribution < -0.4 is 4.74 Å². The number of likely N-dealkylation sites (tertiary alicyclic amines) is 1. The highest BCUT2D eigenvalue weighted by atomic mass is 16.5. The number of aryl methyl sites for hydroxylation is 1. The molecule has 6 heteroatoms. The van der Waals surface area contributed by atoms with Crippen molar-refractivity contribution in [3.8, 4) is 11.6 Å². The van der Waals surface area contributed by atoms with Crippen molar-refractivity contribution in [3.05, 3.63) is 47.9 Å². The Kier molecular flexibility index (Phi) is 6.17. The zero-order chi connectivity index (χ0) is 18.4. The van der Waals surface area contributed by atoms with Crippen LogP contribution in [0, 0.1) is 6.92 Å². The Morgan fingerprint density at radius 2 is 2.00 bits per heavy atom. The number of rotatable bonds is 6. The van der Waals surface area contributed by atoms with Gasteiger partial charge in [-0.15, -0.1) is 0 Å². The average molecular weight is 355 g/mol. The van der Waals surface area contributed by atoms with Crippen molar-refractivity contribution in [1.29, 1.82) is 0 Å². The fourth-order valence-corrected chi connectivity index (χ4v) is 3.19. The molecule has 1 atom stereocenters. The number of carbonyl (C=O) groups excluding carboxylic acids is 1. The summed E-state index contributed by atoms with van der Waals surface area (Å²) in [5.41, 5.74) is 1.99. The van der Waals surface area contributed by atoms with Gasteiger partial charge in [-0.05, 0) is 31.9 Å². The summed E-state index contributed by atoms with van der Waals surface area (Å²) < 4.78 is 11.0. The van der Waals surface area contributed by atoms with Crippen LogP contribution in [-0.2, 0) is 9.53 Å². The van der Waals surface area contributed by atoms with Crippen LogP contribution in [0.2, 0.25) is 0 Å². The first-order valence-corrected chi connectivity index (χ1v) is 8.99. The first-order valence-electron chi connectivity index (χ1n) is 8.99. The van der Waals surface area contributed by atoms with Gasteiger partial charge in [-0.1, -0.05) is 17.7 Å². The summed E-state index contributed by atoms with van der Waals surface area (Å²) in [7, 11) is 1.61. The SMILES string of the molecule is COCCC(=O)N1CCCC(c2nccnc2Oc2ccc(C)cc2)C1. The molecule has 2 heterocycles. The van der Waals surface area contributed by atoms with Crippen molar-refractivity contribution in [1.82, 2.24) is 14.9 Å². The second-order valence-corrected chi connectivity index (χ2v) is 6.58. The molecule has 1 aromatic carbocycles. The van der Waals surface area contributed by atoms with E-state index in [9.17, 15) is 4.79 Å². The average Bonchev–Trinajstić information content (AvgIpc) is 2.68. The number of hydrogen-bond acceptors (Lipinski definition) is 5. The van der Waals surface area contributed by atoms with Crippen LogP contribution in [0.25, 0.3) is 0 Å². The van der Waals surface area contributed by atoms with Crippen LogP contribution in [-0.4, -0.2) is 47.6 Å². The van der Waals surface area contributed by atoms with Crippen LogP contribution in [0.5, 0.6) is 11.6 Å². The van der Waals surface area contributed by atoms with E-state index in [1.165, 1.54) is 5.56 Å². The number of piperidine rings is 1. The van der Waals surface area contributed by atoms with Gasteiger partial charge in [0.2, 0.25) is 11.8 Å². The maximum Gasteiger partial charge on any atom is 0.241 e. The van der Waals surface area contributed by atoms with E-state index in [0.717, 1.165) is 30.8 Å². The number of amides is 1. The lowest BCUT2D eigenvalue weighted by molar-refractivity contribution is -0.133. The van der Waals surface area contributed by atoms with Crippen LogP contribution in [0.4, 0.5) is 0 Å². The van der Waals surface area contributed by atoms with Crippen LogP contribution in [0.15, 0.2) is 36.7 Å². The van der Waals surface area contributed by atoms with Crippen LogP contribution in [0.3, 0.4) is 0 Å². The number of aromatic nitrogens is 2. The molecule has 26 heavy (non-hydrogen) atoms. The number of methoxy groups -OCH3 is 1. The summed E-state index contributed by atoms with van der Waals surface area (Å²) in [6.45, 7) is 3.92. The quantitative estimate of drug-likeness (QED) is 0.795. The fraction of sp³-hybridized carbons (Fsp3) is 0.450. The lowest BCUT2D eigenvalue weighted by Gasteiger charge is -2.32. The summed E-state index contributed by atoms with van der Waals surface area (Å²) in [5, 5.41) is 0. The molecule has 6 nitrogen and oxygen atoms in total. The molecule has 1 aliphatic rings. The maximum absolute atomic E-state index is 12.3. The molecule has 1 aliphatic heterocycles. The van der Waals surface area contributed by atoms with E-state index in [4.69, 9.17) is 9.47 Å². The standard InChI is InChI=1S/C20H25N3O3/c1-15-5-7-17(8-6-15)26-20-19(21-10-11-22-20)16-4-3-12-23(14-16)18(24)9-13-25-2/h5-8,10-11,16H,3-4,9,12-14H2,1-2H3. The van der Waals surface area contributed by atoms with E-state index >= 15 is 0 Å². The number of nitrogens with zero attached hydrogens (tertiary/aromatic N) is 3. The third-order valence-corrected chi connectivity index (χ3v) is 4.61. The molecular weight excluding hydrogens is 330 g/mol. The van der Waals surface area contributed by atoms with E-state index in [1.54, 1.807) is 19.5 Å². The summed E-state index contributed by atoms with van der Waals surface area (Å²) in [6, 6.07) is 7.86. The van der Waals surface area contributed by atoms with E-state index in [1.807, 2.05) is 36.1 Å². The minimum Gasteiger partial charge on any atom is -0.437 e. The normalized spacial score (nSPS) is 17.2. The highest BCUT2D eigenvalue weighted by Crippen LogP contribution is 2.32. The largest absolute Gasteiger partial charge is 0.437 e. The van der Waals surface area contributed by atoms with Gasteiger partial charge in [-0.25, -0.2) is 4.98 Å². The molecule has 1 aromatic heterocycles. The topological polar surface area (TPSA) is 64.5 Å². The zero-order valence-electron chi connectivity index (χ0n) is 15.4. The van der Waals surface area contributed by atoms with E-state index < -0.39 is 0 Å². The first-order chi connectivity index (χ1) is 12.7. The first kappa shape index (κ1) is 18.3. The van der Waals surface area contributed by atoms with Gasteiger partial charge in [0, 0.05) is 38.5 Å². The fourth-order valence-electron chi connectivity index (χ4n) is 3.19. The summed E-state index contributed by atoms with van der Waals surface area (Å²) >= 11 is 0. The van der Waals surface area contributed by atoms with Crippen molar-refractivity contribution >= 4 is 5.91 Å². The van der Waals surface area contributed by atoms with Gasteiger partial charge in [0.05, 0.1) is 13.0 Å². The molecule has 0 radical (unpaired) electrons. The maximum atomic E-state index is 12.3. The van der Waals surface area contributed by atoms with Gasteiger partial charge in [-0.3, -0.25) is 9.78 Å². The molecule has 0 spiro atoms. The third kappa shape index (κ3) is 4.58. The minimum absolute atomic E-state index is 0.126. The van der Waals surface area contributed by atoms with Gasteiger partial charge in [0.15, 0.2) is 0 Å². The summed E-state index contributed by atoms with van der Waals surface area (Å²) in [6.07, 6.45) is 5.65. The van der Waals surface area contributed by atoms with Crippen LogP contribution in [0.1, 0.15) is 36.4 Å². The molecule has 0 saturated carbocycles. The van der Waals surface area contributed by atoms with Crippen molar-refractivity contribution in [3.63, 3.8) is 0 Å². The Hall–Kier alpha value is -2.47. The van der Waals surface area contributed by atoms with Crippen molar-refractivity contribution in [2.45, 2.75) is 32.1 Å². The summed E-state index contributed by atoms with van der Waals surface area (Å²) in [5.74, 6) is 1.51. The molecule has 0 aliphatic carbocycles. The van der Waals surface area contributed by atoms with Crippen LogP contribution >= 0.6 is 0 Å².